The fraction of sp³-hybridized carbons (Fsp3) is 0.571. The highest BCUT2D eigenvalue weighted by Gasteiger charge is 2.29. The van der Waals surface area contributed by atoms with Gasteiger partial charge in [-0.2, -0.15) is 0 Å². The van der Waals surface area contributed by atoms with E-state index in [1.54, 1.807) is 0 Å². The Morgan fingerprint density at radius 2 is 1.69 bits per heavy atom. The molecule has 12 nitrogen and oxygen atoms in total. The van der Waals surface area contributed by atoms with Crippen LogP contribution in [-0.2, 0) is 40.1 Å². The Labute approximate surface area is 148 Å². The average molecular weight is 373 g/mol. The molecule has 0 aliphatic heterocycles. The molecule has 0 bridgehead atoms. The largest absolute Gasteiger partial charge is 0.463 e. The van der Waals surface area contributed by atoms with E-state index in [0.29, 0.717) is 0 Å². The van der Waals surface area contributed by atoms with E-state index >= 15 is 0 Å². The SMILES string of the molecule is CC(=O)OC[C@@H](OCn1ccnc1[N+](=O)[O-])[C@@H](COC(C)=O)OC(C)=O. The maximum absolute atomic E-state index is 11.3. The Kier molecular flexibility index (Phi) is 8.15. The molecule has 12 heteroatoms. The van der Waals surface area contributed by atoms with Crippen molar-refractivity contribution in [1.82, 2.24) is 9.55 Å². The summed E-state index contributed by atoms with van der Waals surface area (Å²) in [5, 5.41) is 10.9. The summed E-state index contributed by atoms with van der Waals surface area (Å²) in [6.07, 6.45) is 0.404. The number of aromatic nitrogens is 2. The Morgan fingerprint density at radius 1 is 1.12 bits per heavy atom. The molecule has 0 radical (unpaired) electrons. The first-order valence-electron chi connectivity index (χ1n) is 7.41. The molecule has 0 N–H and O–H groups in total. The number of esters is 3. The fourth-order valence-corrected chi connectivity index (χ4v) is 1.84. The molecule has 1 aromatic heterocycles. The molecule has 26 heavy (non-hydrogen) atoms. The van der Waals surface area contributed by atoms with Crippen LogP contribution in [0, 0.1) is 10.1 Å². The van der Waals surface area contributed by atoms with Crippen molar-refractivity contribution >= 4 is 23.9 Å². The highest BCUT2D eigenvalue weighted by Crippen LogP contribution is 2.12. The summed E-state index contributed by atoms with van der Waals surface area (Å²) in [7, 11) is 0. The van der Waals surface area contributed by atoms with Gasteiger partial charge in [0.15, 0.2) is 12.8 Å². The van der Waals surface area contributed by atoms with Gasteiger partial charge in [0.05, 0.1) is 0 Å². The van der Waals surface area contributed by atoms with Crippen LogP contribution in [0.4, 0.5) is 5.95 Å². The van der Waals surface area contributed by atoms with Crippen LogP contribution in [0.2, 0.25) is 0 Å². The predicted molar refractivity (Wildman–Crippen MR) is 82.6 cm³/mol. The molecule has 1 heterocycles. The molecule has 0 spiro atoms. The zero-order valence-electron chi connectivity index (χ0n) is 14.4. The Balaban J connectivity index is 2.89. The lowest BCUT2D eigenvalue weighted by Gasteiger charge is -2.25. The molecular weight excluding hydrogens is 354 g/mol. The Hall–Kier alpha value is -3.02. The van der Waals surface area contributed by atoms with E-state index < -0.39 is 41.0 Å². The van der Waals surface area contributed by atoms with Gasteiger partial charge < -0.3 is 29.1 Å². The van der Waals surface area contributed by atoms with Gasteiger partial charge in [0.1, 0.15) is 31.7 Å². The van der Waals surface area contributed by atoms with Gasteiger partial charge in [-0.25, -0.2) is 4.57 Å². The predicted octanol–water partition coefficient (Wildman–Crippen LogP) is 0.192. The molecule has 0 saturated heterocycles. The minimum atomic E-state index is -1.08. The third-order valence-corrected chi connectivity index (χ3v) is 2.92. The second kappa shape index (κ2) is 10.1. The van der Waals surface area contributed by atoms with Gasteiger partial charge in [-0.05, 0) is 4.92 Å². The highest BCUT2D eigenvalue weighted by molar-refractivity contribution is 5.67. The van der Waals surface area contributed by atoms with Gasteiger partial charge >= 0.3 is 23.9 Å². The number of carbonyl (C=O) groups is 3. The van der Waals surface area contributed by atoms with Crippen molar-refractivity contribution in [2.24, 2.45) is 0 Å². The quantitative estimate of drug-likeness (QED) is 0.241. The van der Waals surface area contributed by atoms with Crippen LogP contribution < -0.4 is 0 Å². The lowest BCUT2D eigenvalue weighted by molar-refractivity contribution is -0.397. The number of rotatable bonds is 10. The van der Waals surface area contributed by atoms with Gasteiger partial charge in [-0.15, -0.1) is 0 Å². The van der Waals surface area contributed by atoms with Crippen LogP contribution in [0.25, 0.3) is 0 Å². The number of imidazole rings is 1. The standard InChI is InChI=1S/C14H19N3O9/c1-9(18)23-6-12(13(26-11(3)20)7-24-10(2)19)25-8-16-5-4-15-14(16)17(21)22/h4-5,12-13H,6-8H2,1-3H3/t12-,13-/m1/s1. The van der Waals surface area contributed by atoms with Crippen molar-refractivity contribution in [3.63, 3.8) is 0 Å². The lowest BCUT2D eigenvalue weighted by Crippen LogP contribution is -2.41. The van der Waals surface area contributed by atoms with Gasteiger partial charge in [-0.1, -0.05) is 4.98 Å². The smallest absolute Gasteiger partial charge is 0.436 e. The number of hydrogen-bond acceptors (Lipinski definition) is 10. The van der Waals surface area contributed by atoms with Crippen LogP contribution in [0.5, 0.6) is 0 Å². The van der Waals surface area contributed by atoms with Crippen LogP contribution in [0.15, 0.2) is 12.4 Å². The van der Waals surface area contributed by atoms with Crippen molar-refractivity contribution < 1.29 is 38.3 Å². The molecule has 0 unspecified atom stereocenters. The molecule has 0 aliphatic carbocycles. The normalized spacial score (nSPS) is 12.7. The summed E-state index contributed by atoms with van der Waals surface area (Å²) in [6, 6.07) is 0. The van der Waals surface area contributed by atoms with Crippen LogP contribution in [0.1, 0.15) is 20.8 Å². The first-order chi connectivity index (χ1) is 12.2. The summed E-state index contributed by atoms with van der Waals surface area (Å²) in [4.78, 5) is 47.1. The van der Waals surface area contributed by atoms with Crippen molar-refractivity contribution in [2.75, 3.05) is 13.2 Å². The third kappa shape index (κ3) is 7.25. The van der Waals surface area contributed by atoms with Crippen LogP contribution in [0.3, 0.4) is 0 Å². The molecule has 2 atom stereocenters. The zero-order chi connectivity index (χ0) is 19.7. The first-order valence-corrected chi connectivity index (χ1v) is 7.41. The first kappa shape index (κ1) is 21.0. The molecule has 0 amide bonds. The molecule has 0 saturated carbocycles. The topological polar surface area (TPSA) is 149 Å². The molecule has 0 aliphatic rings. The Morgan fingerprint density at radius 3 is 2.19 bits per heavy atom. The van der Waals surface area contributed by atoms with Crippen molar-refractivity contribution in [3.8, 4) is 0 Å². The van der Waals surface area contributed by atoms with Gasteiger partial charge in [-0.3, -0.25) is 14.4 Å². The molecular formula is C14H19N3O9. The summed E-state index contributed by atoms with van der Waals surface area (Å²) < 4.78 is 21.3. The minimum Gasteiger partial charge on any atom is -0.463 e. The zero-order valence-corrected chi connectivity index (χ0v) is 14.4. The summed E-state index contributed by atoms with van der Waals surface area (Å²) >= 11 is 0. The van der Waals surface area contributed by atoms with Gasteiger partial charge in [0.25, 0.3) is 0 Å². The fourth-order valence-electron chi connectivity index (χ4n) is 1.84. The molecule has 1 aromatic rings. The second-order valence-electron chi connectivity index (χ2n) is 5.04. The van der Waals surface area contributed by atoms with Crippen LogP contribution in [-0.4, -0.2) is 57.8 Å². The molecule has 0 aromatic carbocycles. The van der Waals surface area contributed by atoms with Gasteiger partial charge in [0, 0.05) is 20.8 Å². The molecule has 1 rings (SSSR count). The van der Waals surface area contributed by atoms with E-state index in [0.717, 1.165) is 11.5 Å². The summed E-state index contributed by atoms with van der Waals surface area (Å²) in [5.41, 5.74) is 0. The van der Waals surface area contributed by atoms with Crippen molar-refractivity contribution in [1.29, 1.82) is 0 Å². The van der Waals surface area contributed by atoms with E-state index in [1.807, 2.05) is 0 Å². The third-order valence-electron chi connectivity index (χ3n) is 2.92. The van der Waals surface area contributed by atoms with Crippen molar-refractivity contribution in [2.45, 2.75) is 39.7 Å². The molecule has 0 fully saturated rings. The number of hydrogen-bond donors (Lipinski definition) is 0. The van der Waals surface area contributed by atoms with E-state index in [4.69, 9.17) is 18.9 Å². The second-order valence-corrected chi connectivity index (χ2v) is 5.04. The van der Waals surface area contributed by atoms with Crippen LogP contribution >= 0.6 is 0 Å². The number of nitrogens with zero attached hydrogens (tertiary/aromatic N) is 3. The average Bonchev–Trinajstić information content (AvgIpc) is 2.99. The maximum Gasteiger partial charge on any atom is 0.436 e. The number of nitro groups is 1. The van der Waals surface area contributed by atoms with Gasteiger partial charge in [0.2, 0.25) is 0 Å². The maximum atomic E-state index is 11.3. The van der Waals surface area contributed by atoms with E-state index in [2.05, 4.69) is 4.98 Å². The number of carbonyl (C=O) groups excluding carboxylic acids is 3. The number of ether oxygens (including phenoxy) is 4. The monoisotopic (exact) mass is 373 g/mol. The van der Waals surface area contributed by atoms with Crippen molar-refractivity contribution in [3.05, 3.63) is 22.5 Å². The molecule has 144 valence electrons. The lowest BCUT2D eigenvalue weighted by atomic mass is 10.2. The summed E-state index contributed by atoms with van der Waals surface area (Å²) in [5.74, 6) is -2.35. The summed E-state index contributed by atoms with van der Waals surface area (Å²) in [6.45, 7) is 2.49. The Bertz CT molecular complexity index is 658. The minimum absolute atomic E-state index is 0.322. The van der Waals surface area contributed by atoms with E-state index in [1.165, 1.54) is 26.2 Å². The van der Waals surface area contributed by atoms with E-state index in [9.17, 15) is 24.5 Å². The highest BCUT2D eigenvalue weighted by atomic mass is 16.6. The van der Waals surface area contributed by atoms with E-state index in [-0.39, 0.29) is 19.9 Å².